The zero-order chi connectivity index (χ0) is 10.9. The average Bonchev–Trinajstić information content (AvgIpc) is 2.14. The third kappa shape index (κ3) is 2.05. The second-order valence-electron chi connectivity index (χ2n) is 4.65. The van der Waals surface area contributed by atoms with Crippen LogP contribution >= 0.6 is 0 Å². The van der Waals surface area contributed by atoms with Crippen LogP contribution in [-0.2, 0) is 12.0 Å². The van der Waals surface area contributed by atoms with E-state index in [1.165, 1.54) is 6.42 Å². The van der Waals surface area contributed by atoms with Gasteiger partial charge in [0.05, 0.1) is 0 Å². The highest BCUT2D eigenvalue weighted by atomic mass is 19.1. The maximum atomic E-state index is 13.0. The van der Waals surface area contributed by atoms with Crippen molar-refractivity contribution in [2.45, 2.75) is 44.3 Å². The van der Waals surface area contributed by atoms with Crippen LogP contribution in [0.1, 0.15) is 37.3 Å². The lowest BCUT2D eigenvalue weighted by Crippen LogP contribution is -2.44. The van der Waals surface area contributed by atoms with Crippen LogP contribution in [0.25, 0.3) is 0 Å². The van der Waals surface area contributed by atoms with Crippen molar-refractivity contribution >= 4 is 0 Å². The van der Waals surface area contributed by atoms with E-state index in [-0.39, 0.29) is 5.54 Å². The van der Waals surface area contributed by atoms with Crippen LogP contribution in [0, 0.1) is 0 Å². The van der Waals surface area contributed by atoms with E-state index in [4.69, 9.17) is 5.73 Å². The van der Waals surface area contributed by atoms with Crippen molar-refractivity contribution in [1.29, 1.82) is 0 Å². The molecule has 1 saturated carbocycles. The maximum Gasteiger partial charge on any atom is 0.101 e. The molecule has 0 bridgehead atoms. The molecule has 1 aliphatic carbocycles. The molecule has 82 valence electrons. The van der Waals surface area contributed by atoms with E-state index in [1.54, 1.807) is 6.92 Å². The normalized spacial score (nSPS) is 20.7. The molecule has 0 aromatic heterocycles. The highest BCUT2D eigenvalue weighted by Crippen LogP contribution is 2.40. The monoisotopic (exact) mass is 207 g/mol. The molecule has 0 heterocycles. The summed E-state index contributed by atoms with van der Waals surface area (Å²) in [6.07, 6.45) is 2.94. The predicted octanol–water partition coefficient (Wildman–Crippen LogP) is 2.93. The summed E-state index contributed by atoms with van der Waals surface area (Å²) in [5.74, 6) is 0. The molecule has 0 spiro atoms. The predicted molar refractivity (Wildman–Crippen MR) is 60.4 cm³/mol. The van der Waals surface area contributed by atoms with Crippen LogP contribution in [0.3, 0.4) is 0 Å². The van der Waals surface area contributed by atoms with Gasteiger partial charge in [-0.05, 0) is 37.3 Å². The van der Waals surface area contributed by atoms with Crippen LogP contribution < -0.4 is 5.73 Å². The molecule has 2 rings (SSSR count). The van der Waals surface area contributed by atoms with Gasteiger partial charge in [-0.15, -0.1) is 0 Å². The van der Waals surface area contributed by atoms with E-state index < -0.39 is 6.17 Å². The summed E-state index contributed by atoms with van der Waals surface area (Å²) in [6, 6.07) is 8.01. The Morgan fingerprint density at radius 1 is 1.40 bits per heavy atom. The Hall–Kier alpha value is -0.890. The van der Waals surface area contributed by atoms with Gasteiger partial charge in [-0.25, -0.2) is 4.39 Å². The van der Waals surface area contributed by atoms with Crippen LogP contribution in [0.15, 0.2) is 24.3 Å². The number of nitrogens with two attached hydrogens (primary N) is 1. The molecule has 1 unspecified atom stereocenters. The Bertz CT molecular complexity index is 342. The van der Waals surface area contributed by atoms with Crippen LogP contribution in [-0.4, -0.2) is 6.17 Å². The summed E-state index contributed by atoms with van der Waals surface area (Å²) in [4.78, 5) is 0. The van der Waals surface area contributed by atoms with E-state index >= 15 is 0 Å². The number of rotatable bonds is 3. The molecule has 1 nitrogen and oxygen atoms in total. The minimum Gasteiger partial charge on any atom is -0.321 e. The quantitative estimate of drug-likeness (QED) is 0.810. The van der Waals surface area contributed by atoms with Crippen molar-refractivity contribution in [2.24, 2.45) is 5.73 Å². The molecule has 15 heavy (non-hydrogen) atoms. The number of hydrogen-bond acceptors (Lipinski definition) is 1. The summed E-state index contributed by atoms with van der Waals surface area (Å²) in [5, 5.41) is 0. The topological polar surface area (TPSA) is 26.0 Å². The third-order valence-corrected chi connectivity index (χ3v) is 3.30. The van der Waals surface area contributed by atoms with Gasteiger partial charge in [0.15, 0.2) is 0 Å². The first-order chi connectivity index (χ1) is 7.12. The zero-order valence-corrected chi connectivity index (χ0v) is 9.17. The van der Waals surface area contributed by atoms with Gasteiger partial charge < -0.3 is 5.73 Å². The molecular weight excluding hydrogens is 189 g/mol. The summed E-state index contributed by atoms with van der Waals surface area (Å²) in [7, 11) is 0. The minimum atomic E-state index is -0.796. The lowest BCUT2D eigenvalue weighted by Gasteiger charge is -2.40. The SMILES string of the molecule is CC(F)Cc1ccccc1C1(N)CCC1. The second kappa shape index (κ2) is 3.93. The van der Waals surface area contributed by atoms with Gasteiger partial charge in [0.25, 0.3) is 0 Å². The lowest BCUT2D eigenvalue weighted by atomic mass is 9.71. The van der Waals surface area contributed by atoms with Gasteiger partial charge in [-0.2, -0.15) is 0 Å². The second-order valence-corrected chi connectivity index (χ2v) is 4.65. The fourth-order valence-electron chi connectivity index (χ4n) is 2.31. The third-order valence-electron chi connectivity index (χ3n) is 3.30. The Morgan fingerprint density at radius 3 is 2.60 bits per heavy atom. The molecule has 0 aliphatic heterocycles. The molecule has 0 amide bonds. The maximum absolute atomic E-state index is 13.0. The van der Waals surface area contributed by atoms with Gasteiger partial charge in [-0.3, -0.25) is 0 Å². The molecule has 1 aromatic rings. The average molecular weight is 207 g/mol. The summed E-state index contributed by atoms with van der Waals surface area (Å²) in [6.45, 7) is 1.60. The molecule has 1 fully saturated rings. The molecular formula is C13H18FN. The van der Waals surface area contributed by atoms with Crippen molar-refractivity contribution in [3.05, 3.63) is 35.4 Å². The van der Waals surface area contributed by atoms with Crippen LogP contribution in [0.4, 0.5) is 4.39 Å². The van der Waals surface area contributed by atoms with Gasteiger partial charge in [0.2, 0.25) is 0 Å². The Kier molecular flexibility index (Phi) is 2.79. The van der Waals surface area contributed by atoms with E-state index in [0.29, 0.717) is 6.42 Å². The van der Waals surface area contributed by atoms with Gasteiger partial charge >= 0.3 is 0 Å². The Balaban J connectivity index is 2.29. The minimum absolute atomic E-state index is 0.175. The largest absolute Gasteiger partial charge is 0.321 e. The van der Waals surface area contributed by atoms with Crippen molar-refractivity contribution in [3.63, 3.8) is 0 Å². The van der Waals surface area contributed by atoms with E-state index in [1.807, 2.05) is 18.2 Å². The number of halogens is 1. The summed E-state index contributed by atoms with van der Waals surface area (Å²) in [5.41, 5.74) is 8.33. The highest BCUT2D eigenvalue weighted by molar-refractivity contribution is 5.35. The lowest BCUT2D eigenvalue weighted by molar-refractivity contribution is 0.250. The highest BCUT2D eigenvalue weighted by Gasteiger charge is 2.35. The molecule has 2 N–H and O–H groups in total. The van der Waals surface area contributed by atoms with E-state index in [0.717, 1.165) is 24.0 Å². The number of benzene rings is 1. The first kappa shape index (κ1) is 10.6. The zero-order valence-electron chi connectivity index (χ0n) is 9.17. The molecule has 1 aliphatic rings. The molecule has 1 aromatic carbocycles. The molecule has 1 atom stereocenters. The smallest absolute Gasteiger partial charge is 0.101 e. The van der Waals surface area contributed by atoms with Crippen molar-refractivity contribution in [1.82, 2.24) is 0 Å². The fourth-order valence-corrected chi connectivity index (χ4v) is 2.31. The van der Waals surface area contributed by atoms with Gasteiger partial charge in [-0.1, -0.05) is 24.3 Å². The molecule has 2 heteroatoms. The van der Waals surface area contributed by atoms with Crippen molar-refractivity contribution < 1.29 is 4.39 Å². The Labute approximate surface area is 90.5 Å². The molecule has 0 saturated heterocycles. The van der Waals surface area contributed by atoms with Crippen LogP contribution in [0.5, 0.6) is 0 Å². The van der Waals surface area contributed by atoms with E-state index in [2.05, 4.69) is 6.07 Å². The fraction of sp³-hybridized carbons (Fsp3) is 0.538. The Morgan fingerprint density at radius 2 is 2.07 bits per heavy atom. The van der Waals surface area contributed by atoms with Crippen molar-refractivity contribution in [3.8, 4) is 0 Å². The van der Waals surface area contributed by atoms with Gasteiger partial charge in [0.1, 0.15) is 6.17 Å². The summed E-state index contributed by atoms with van der Waals surface area (Å²) >= 11 is 0. The summed E-state index contributed by atoms with van der Waals surface area (Å²) < 4.78 is 13.0. The van der Waals surface area contributed by atoms with E-state index in [9.17, 15) is 4.39 Å². The number of hydrogen-bond donors (Lipinski definition) is 1. The molecule has 0 radical (unpaired) electrons. The van der Waals surface area contributed by atoms with Gasteiger partial charge in [0, 0.05) is 12.0 Å². The van der Waals surface area contributed by atoms with Crippen LogP contribution in [0.2, 0.25) is 0 Å². The number of alkyl halides is 1. The standard InChI is InChI=1S/C13H18FN/c1-10(14)9-11-5-2-3-6-12(11)13(15)7-4-8-13/h2-3,5-6,10H,4,7-9,15H2,1H3. The first-order valence-corrected chi connectivity index (χ1v) is 5.63. The first-order valence-electron chi connectivity index (χ1n) is 5.63. The van der Waals surface area contributed by atoms with Crippen molar-refractivity contribution in [2.75, 3.05) is 0 Å².